The summed E-state index contributed by atoms with van der Waals surface area (Å²) in [7, 11) is -3.14. The SMILES string of the molecule is C[C@@H]1CCC[C@H](CC(=O)N2CCCN(S(C)(=O)=O)CC2)C1. The molecular weight excluding hydrogens is 288 g/mol. The van der Waals surface area contributed by atoms with Gasteiger partial charge in [0.2, 0.25) is 15.9 Å². The number of amides is 1. The van der Waals surface area contributed by atoms with E-state index in [0.717, 1.165) is 18.8 Å². The van der Waals surface area contributed by atoms with E-state index in [-0.39, 0.29) is 5.91 Å². The maximum absolute atomic E-state index is 12.4. The van der Waals surface area contributed by atoms with Crippen LogP contribution in [-0.2, 0) is 14.8 Å². The predicted octanol–water partition coefficient (Wildman–Crippen LogP) is 1.70. The molecule has 0 radical (unpaired) electrons. The molecule has 1 heterocycles. The van der Waals surface area contributed by atoms with Crippen LogP contribution in [0.4, 0.5) is 0 Å². The highest BCUT2D eigenvalue weighted by Gasteiger charge is 2.27. The van der Waals surface area contributed by atoms with Crippen molar-refractivity contribution in [1.29, 1.82) is 0 Å². The van der Waals surface area contributed by atoms with Gasteiger partial charge in [0, 0.05) is 32.6 Å². The van der Waals surface area contributed by atoms with Gasteiger partial charge >= 0.3 is 0 Å². The third-order valence-electron chi connectivity index (χ3n) is 4.78. The van der Waals surface area contributed by atoms with Gasteiger partial charge in [-0.1, -0.05) is 19.8 Å². The number of carbonyl (C=O) groups excluding carboxylic acids is 1. The van der Waals surface area contributed by atoms with Gasteiger partial charge in [0.25, 0.3) is 0 Å². The molecule has 122 valence electrons. The second-order valence-corrected chi connectivity index (χ2v) is 8.72. The summed E-state index contributed by atoms with van der Waals surface area (Å²) < 4.78 is 24.7. The number of rotatable bonds is 3. The van der Waals surface area contributed by atoms with Gasteiger partial charge in [-0.05, 0) is 31.1 Å². The quantitative estimate of drug-likeness (QED) is 0.796. The van der Waals surface area contributed by atoms with Gasteiger partial charge in [0.15, 0.2) is 0 Å². The van der Waals surface area contributed by atoms with Crippen molar-refractivity contribution in [3.8, 4) is 0 Å². The number of carbonyl (C=O) groups is 1. The number of hydrogen-bond donors (Lipinski definition) is 0. The van der Waals surface area contributed by atoms with Gasteiger partial charge in [-0.15, -0.1) is 0 Å². The van der Waals surface area contributed by atoms with E-state index in [9.17, 15) is 13.2 Å². The van der Waals surface area contributed by atoms with Crippen LogP contribution in [0, 0.1) is 11.8 Å². The Balaban J connectivity index is 1.85. The van der Waals surface area contributed by atoms with E-state index in [1.54, 1.807) is 0 Å². The largest absolute Gasteiger partial charge is 0.341 e. The first kappa shape index (κ1) is 16.7. The summed E-state index contributed by atoms with van der Waals surface area (Å²) in [5, 5.41) is 0. The van der Waals surface area contributed by atoms with Gasteiger partial charge in [-0.2, -0.15) is 0 Å². The van der Waals surface area contributed by atoms with Crippen molar-refractivity contribution >= 4 is 15.9 Å². The van der Waals surface area contributed by atoms with Crippen LogP contribution in [0.15, 0.2) is 0 Å². The van der Waals surface area contributed by atoms with Crippen LogP contribution >= 0.6 is 0 Å². The van der Waals surface area contributed by atoms with Crippen LogP contribution in [-0.4, -0.2) is 56.0 Å². The van der Waals surface area contributed by atoms with E-state index in [4.69, 9.17) is 0 Å². The van der Waals surface area contributed by atoms with Crippen molar-refractivity contribution in [2.75, 3.05) is 32.4 Å². The van der Waals surface area contributed by atoms with Crippen LogP contribution in [0.5, 0.6) is 0 Å². The zero-order valence-corrected chi connectivity index (χ0v) is 14.1. The minimum Gasteiger partial charge on any atom is -0.341 e. The summed E-state index contributed by atoms with van der Waals surface area (Å²) in [6.45, 7) is 4.46. The van der Waals surface area contributed by atoms with Gasteiger partial charge in [0.1, 0.15) is 0 Å². The highest BCUT2D eigenvalue weighted by molar-refractivity contribution is 7.88. The first-order valence-electron chi connectivity index (χ1n) is 8.09. The highest BCUT2D eigenvalue weighted by Crippen LogP contribution is 2.31. The zero-order valence-electron chi connectivity index (χ0n) is 13.3. The molecule has 2 fully saturated rings. The number of hydrogen-bond acceptors (Lipinski definition) is 3. The van der Waals surface area contributed by atoms with Crippen molar-refractivity contribution in [3.63, 3.8) is 0 Å². The van der Waals surface area contributed by atoms with E-state index in [2.05, 4.69) is 6.92 Å². The standard InChI is InChI=1S/C15H28N2O3S/c1-13-5-3-6-14(11-13)12-15(18)16-7-4-8-17(10-9-16)21(2,19)20/h13-14H,3-12H2,1-2H3/t13-,14+/m1/s1. The third kappa shape index (κ3) is 4.95. The van der Waals surface area contributed by atoms with E-state index in [1.165, 1.54) is 29.8 Å². The molecule has 0 aromatic heterocycles. The monoisotopic (exact) mass is 316 g/mol. The molecule has 0 bridgehead atoms. The van der Waals surface area contributed by atoms with Crippen molar-refractivity contribution in [1.82, 2.24) is 9.21 Å². The topological polar surface area (TPSA) is 57.7 Å². The maximum Gasteiger partial charge on any atom is 0.222 e. The molecule has 21 heavy (non-hydrogen) atoms. The average Bonchev–Trinajstić information content (AvgIpc) is 2.63. The lowest BCUT2D eigenvalue weighted by Gasteiger charge is -2.28. The lowest BCUT2D eigenvalue weighted by molar-refractivity contribution is -0.132. The van der Waals surface area contributed by atoms with Crippen molar-refractivity contribution in [2.24, 2.45) is 11.8 Å². The lowest BCUT2D eigenvalue weighted by Crippen LogP contribution is -2.37. The molecule has 1 aliphatic heterocycles. The van der Waals surface area contributed by atoms with Gasteiger partial charge < -0.3 is 4.90 Å². The van der Waals surface area contributed by atoms with E-state index in [1.807, 2.05) is 4.90 Å². The van der Waals surface area contributed by atoms with Crippen LogP contribution < -0.4 is 0 Å². The van der Waals surface area contributed by atoms with E-state index >= 15 is 0 Å². The Bertz CT molecular complexity index is 464. The first-order valence-corrected chi connectivity index (χ1v) is 9.94. The summed E-state index contributed by atoms with van der Waals surface area (Å²) in [6, 6.07) is 0. The maximum atomic E-state index is 12.4. The Morgan fingerprint density at radius 3 is 2.52 bits per heavy atom. The Hall–Kier alpha value is -0.620. The fourth-order valence-electron chi connectivity index (χ4n) is 3.60. The molecule has 0 spiro atoms. The highest BCUT2D eigenvalue weighted by atomic mass is 32.2. The molecule has 2 rings (SSSR count). The Labute approximate surface area is 128 Å². The molecule has 0 aromatic rings. The Morgan fingerprint density at radius 1 is 1.10 bits per heavy atom. The molecule has 0 unspecified atom stereocenters. The van der Waals surface area contributed by atoms with Crippen molar-refractivity contribution in [2.45, 2.75) is 45.4 Å². The third-order valence-corrected chi connectivity index (χ3v) is 6.09. The molecular formula is C15H28N2O3S. The van der Waals surface area contributed by atoms with E-state index in [0.29, 0.717) is 38.5 Å². The molecule has 1 amide bonds. The fourth-order valence-corrected chi connectivity index (χ4v) is 4.47. The predicted molar refractivity (Wildman–Crippen MR) is 83.4 cm³/mol. The van der Waals surface area contributed by atoms with Crippen LogP contribution in [0.1, 0.15) is 45.4 Å². The number of nitrogens with zero attached hydrogens (tertiary/aromatic N) is 2. The summed E-state index contributed by atoms with van der Waals surface area (Å²) >= 11 is 0. The van der Waals surface area contributed by atoms with Crippen molar-refractivity contribution in [3.05, 3.63) is 0 Å². The first-order chi connectivity index (χ1) is 9.86. The fraction of sp³-hybridized carbons (Fsp3) is 0.933. The molecule has 1 saturated carbocycles. The van der Waals surface area contributed by atoms with Gasteiger partial charge in [-0.25, -0.2) is 12.7 Å². The Morgan fingerprint density at radius 2 is 1.86 bits per heavy atom. The molecule has 2 atom stereocenters. The second-order valence-electron chi connectivity index (χ2n) is 6.74. The molecule has 0 aromatic carbocycles. The van der Waals surface area contributed by atoms with Crippen molar-refractivity contribution < 1.29 is 13.2 Å². The lowest BCUT2D eigenvalue weighted by atomic mass is 9.80. The minimum atomic E-state index is -3.14. The summed E-state index contributed by atoms with van der Waals surface area (Å²) in [5.74, 6) is 1.47. The number of sulfonamides is 1. The second kappa shape index (κ2) is 7.09. The summed E-state index contributed by atoms with van der Waals surface area (Å²) in [6.07, 6.45) is 7.48. The normalized spacial score (nSPS) is 29.1. The van der Waals surface area contributed by atoms with Crippen LogP contribution in [0.3, 0.4) is 0 Å². The Kier molecular flexibility index (Phi) is 5.66. The average molecular weight is 316 g/mol. The van der Waals surface area contributed by atoms with Gasteiger partial charge in [0.05, 0.1) is 6.26 Å². The van der Waals surface area contributed by atoms with Gasteiger partial charge in [-0.3, -0.25) is 4.79 Å². The van der Waals surface area contributed by atoms with Crippen LogP contribution in [0.25, 0.3) is 0 Å². The molecule has 5 nitrogen and oxygen atoms in total. The smallest absolute Gasteiger partial charge is 0.222 e. The minimum absolute atomic E-state index is 0.212. The molecule has 0 N–H and O–H groups in total. The summed E-state index contributed by atoms with van der Waals surface area (Å²) in [5.41, 5.74) is 0. The molecule has 1 aliphatic carbocycles. The summed E-state index contributed by atoms with van der Waals surface area (Å²) in [4.78, 5) is 14.3. The van der Waals surface area contributed by atoms with Crippen LogP contribution in [0.2, 0.25) is 0 Å². The molecule has 6 heteroatoms. The molecule has 2 aliphatic rings. The zero-order chi connectivity index (χ0) is 15.5. The molecule has 1 saturated heterocycles. The van der Waals surface area contributed by atoms with E-state index < -0.39 is 10.0 Å².